The predicted octanol–water partition coefficient (Wildman–Crippen LogP) is 0.850. The van der Waals surface area contributed by atoms with E-state index in [2.05, 4.69) is 23.8 Å². The van der Waals surface area contributed by atoms with Gasteiger partial charge in [-0.1, -0.05) is 25.3 Å². The summed E-state index contributed by atoms with van der Waals surface area (Å²) in [6.45, 7) is 12.5. The summed E-state index contributed by atoms with van der Waals surface area (Å²) in [7, 11) is 1.74. The van der Waals surface area contributed by atoms with Crippen LogP contribution in [0, 0.1) is 0 Å². The van der Waals surface area contributed by atoms with E-state index in [4.69, 9.17) is 9.47 Å². The van der Waals surface area contributed by atoms with Crippen molar-refractivity contribution in [2.75, 3.05) is 53.1 Å². The lowest BCUT2D eigenvalue weighted by atomic mass is 10.3. The molecule has 0 rings (SSSR count). The fourth-order valence-electron chi connectivity index (χ4n) is 1.71. The van der Waals surface area contributed by atoms with Crippen LogP contribution in [-0.4, -0.2) is 69.8 Å². The molecule has 0 aliphatic heterocycles. The average Bonchev–Trinajstić information content (AvgIpc) is 2.59. The van der Waals surface area contributed by atoms with Crippen LogP contribution in [0.25, 0.3) is 0 Å². The molecule has 7 nitrogen and oxygen atoms in total. The maximum Gasteiger partial charge on any atom is 0.246 e. The second-order valence-electron chi connectivity index (χ2n) is 5.25. The molecule has 2 N–H and O–H groups in total. The quantitative estimate of drug-likeness (QED) is 0.259. The van der Waals surface area contributed by atoms with Gasteiger partial charge in [0.15, 0.2) is 0 Å². The fourth-order valence-corrected chi connectivity index (χ4v) is 1.71. The lowest BCUT2D eigenvalue weighted by Gasteiger charge is -2.16. The largest absolute Gasteiger partial charge is 0.386 e. The Morgan fingerprint density at radius 2 is 1.88 bits per heavy atom. The summed E-state index contributed by atoms with van der Waals surface area (Å²) in [4.78, 5) is 24.4. The summed E-state index contributed by atoms with van der Waals surface area (Å²) < 4.78 is 10.6. The standard InChI is InChI=1S/C18H31N3O4/c1-5-7-8-18(23)21(4)11-9-16(3)20-10-12-24-13-14-25-15-17(22)19-6-2/h5,7-8,20H,1,3,6,9-15H2,2,4H3,(H,19,22)/b8-7-. The second-order valence-corrected chi connectivity index (χ2v) is 5.25. The molecular formula is C18H31N3O4. The van der Waals surface area contributed by atoms with Crippen molar-refractivity contribution in [1.29, 1.82) is 0 Å². The van der Waals surface area contributed by atoms with Crippen LogP contribution in [0.1, 0.15) is 13.3 Å². The molecule has 0 heterocycles. The van der Waals surface area contributed by atoms with E-state index in [-0.39, 0.29) is 18.4 Å². The minimum absolute atomic E-state index is 0.0560. The zero-order valence-electron chi connectivity index (χ0n) is 15.4. The molecule has 7 heteroatoms. The van der Waals surface area contributed by atoms with Crippen LogP contribution in [0.15, 0.2) is 37.1 Å². The van der Waals surface area contributed by atoms with Crippen molar-refractivity contribution in [1.82, 2.24) is 15.5 Å². The van der Waals surface area contributed by atoms with E-state index >= 15 is 0 Å². The molecule has 0 fully saturated rings. The highest BCUT2D eigenvalue weighted by atomic mass is 16.5. The Morgan fingerprint density at radius 1 is 1.16 bits per heavy atom. The first-order valence-corrected chi connectivity index (χ1v) is 8.39. The first-order valence-electron chi connectivity index (χ1n) is 8.39. The third-order valence-electron chi connectivity index (χ3n) is 3.10. The monoisotopic (exact) mass is 353 g/mol. The van der Waals surface area contributed by atoms with E-state index in [1.165, 1.54) is 6.08 Å². The van der Waals surface area contributed by atoms with Gasteiger partial charge in [-0.2, -0.15) is 0 Å². The number of rotatable bonds is 15. The molecule has 0 radical (unpaired) electrons. The third-order valence-corrected chi connectivity index (χ3v) is 3.10. The summed E-state index contributed by atoms with van der Waals surface area (Å²) >= 11 is 0. The van der Waals surface area contributed by atoms with Gasteiger partial charge in [-0.3, -0.25) is 9.59 Å². The van der Waals surface area contributed by atoms with Crippen molar-refractivity contribution >= 4 is 11.8 Å². The SMILES string of the molecule is C=C/C=C\C(=O)N(C)CCC(=C)NCCOCCOCC(=O)NCC. The highest BCUT2D eigenvalue weighted by Crippen LogP contribution is 1.97. The summed E-state index contributed by atoms with van der Waals surface area (Å²) in [5.74, 6) is -0.187. The maximum absolute atomic E-state index is 11.7. The highest BCUT2D eigenvalue weighted by molar-refractivity contribution is 5.87. The molecule has 0 bridgehead atoms. The van der Waals surface area contributed by atoms with E-state index in [9.17, 15) is 9.59 Å². The van der Waals surface area contributed by atoms with Crippen molar-refractivity contribution in [2.45, 2.75) is 13.3 Å². The van der Waals surface area contributed by atoms with Gasteiger partial charge >= 0.3 is 0 Å². The highest BCUT2D eigenvalue weighted by Gasteiger charge is 2.04. The number of likely N-dealkylation sites (N-methyl/N-ethyl adjacent to an activating group) is 2. The molecule has 0 aliphatic carbocycles. The number of amides is 2. The van der Waals surface area contributed by atoms with E-state index in [1.807, 2.05) is 6.92 Å². The van der Waals surface area contributed by atoms with Gasteiger partial charge in [0.25, 0.3) is 0 Å². The van der Waals surface area contributed by atoms with Crippen LogP contribution in [0.4, 0.5) is 0 Å². The van der Waals surface area contributed by atoms with Crippen LogP contribution in [0.3, 0.4) is 0 Å². The molecule has 0 aromatic rings. The molecule has 0 saturated carbocycles. The van der Waals surface area contributed by atoms with Gasteiger partial charge < -0.3 is 25.0 Å². The van der Waals surface area contributed by atoms with Gasteiger partial charge in [-0.05, 0) is 6.92 Å². The van der Waals surface area contributed by atoms with Crippen LogP contribution >= 0.6 is 0 Å². The van der Waals surface area contributed by atoms with Gasteiger partial charge in [-0.25, -0.2) is 0 Å². The molecule has 0 unspecified atom stereocenters. The topological polar surface area (TPSA) is 79.9 Å². The van der Waals surface area contributed by atoms with Crippen molar-refractivity contribution < 1.29 is 19.1 Å². The fraction of sp³-hybridized carbons (Fsp3) is 0.556. The Kier molecular flexibility index (Phi) is 14.1. The van der Waals surface area contributed by atoms with Crippen molar-refractivity contribution in [3.05, 3.63) is 37.1 Å². The summed E-state index contributed by atoms with van der Waals surface area (Å²) in [5.41, 5.74) is 0.850. The van der Waals surface area contributed by atoms with Crippen LogP contribution < -0.4 is 10.6 Å². The molecule has 0 aromatic heterocycles. The number of hydrogen-bond acceptors (Lipinski definition) is 5. The number of hydrogen-bond donors (Lipinski definition) is 2. The number of nitrogens with zero attached hydrogens (tertiary/aromatic N) is 1. The first kappa shape index (κ1) is 22.9. The molecule has 142 valence electrons. The van der Waals surface area contributed by atoms with Crippen LogP contribution in [0.5, 0.6) is 0 Å². The Labute approximate surface area is 150 Å². The smallest absolute Gasteiger partial charge is 0.246 e. The zero-order chi connectivity index (χ0) is 18.9. The summed E-state index contributed by atoms with van der Waals surface area (Å²) in [6.07, 6.45) is 5.32. The number of nitrogens with one attached hydrogen (secondary N) is 2. The van der Waals surface area contributed by atoms with Crippen LogP contribution in [-0.2, 0) is 19.1 Å². The Morgan fingerprint density at radius 3 is 2.56 bits per heavy atom. The molecule has 25 heavy (non-hydrogen) atoms. The maximum atomic E-state index is 11.7. The zero-order valence-corrected chi connectivity index (χ0v) is 15.4. The third kappa shape index (κ3) is 14.0. The first-order chi connectivity index (χ1) is 12.0. The van der Waals surface area contributed by atoms with Gasteiger partial charge in [0.2, 0.25) is 11.8 Å². The van der Waals surface area contributed by atoms with Crippen LogP contribution in [0.2, 0.25) is 0 Å². The van der Waals surface area contributed by atoms with E-state index in [0.717, 1.165) is 5.70 Å². The summed E-state index contributed by atoms with van der Waals surface area (Å²) in [5, 5.41) is 5.80. The normalized spacial score (nSPS) is 10.5. The molecule has 0 saturated heterocycles. The molecule has 0 atom stereocenters. The molecular weight excluding hydrogens is 322 g/mol. The minimum atomic E-state index is -0.121. The van der Waals surface area contributed by atoms with Gasteiger partial charge in [0, 0.05) is 44.9 Å². The minimum Gasteiger partial charge on any atom is -0.386 e. The van der Waals surface area contributed by atoms with Crippen molar-refractivity contribution in [3.63, 3.8) is 0 Å². The average molecular weight is 353 g/mol. The Bertz CT molecular complexity index is 450. The molecule has 0 spiro atoms. The second kappa shape index (κ2) is 15.4. The summed E-state index contributed by atoms with van der Waals surface area (Å²) in [6, 6.07) is 0. The number of carbonyl (C=O) groups is 2. The van der Waals surface area contributed by atoms with Gasteiger partial charge in [0.05, 0.1) is 19.8 Å². The van der Waals surface area contributed by atoms with Crippen molar-refractivity contribution in [3.8, 4) is 0 Å². The lowest BCUT2D eigenvalue weighted by molar-refractivity contribution is -0.126. The van der Waals surface area contributed by atoms with E-state index in [0.29, 0.717) is 45.9 Å². The Balaban J connectivity index is 3.55. The molecule has 0 aliphatic rings. The predicted molar refractivity (Wildman–Crippen MR) is 99.1 cm³/mol. The number of ether oxygens (including phenoxy) is 2. The molecule has 0 aromatic carbocycles. The molecule has 2 amide bonds. The van der Waals surface area contributed by atoms with E-state index < -0.39 is 0 Å². The van der Waals surface area contributed by atoms with Crippen molar-refractivity contribution in [2.24, 2.45) is 0 Å². The number of carbonyl (C=O) groups excluding carboxylic acids is 2. The Hall–Kier alpha value is -2.12. The lowest BCUT2D eigenvalue weighted by Crippen LogP contribution is -2.28. The van der Waals surface area contributed by atoms with E-state index in [1.54, 1.807) is 24.1 Å². The van der Waals surface area contributed by atoms with Gasteiger partial charge in [0.1, 0.15) is 6.61 Å². The van der Waals surface area contributed by atoms with Gasteiger partial charge in [-0.15, -0.1) is 0 Å². The number of allylic oxidation sites excluding steroid dienone is 2.